The number of halogens is 1. The SMILES string of the molecule is CCC(O)C(=O)NCCOc1ccccc1Cl. The molecular formula is C12H16ClNO3. The average molecular weight is 258 g/mol. The minimum Gasteiger partial charge on any atom is -0.490 e. The van der Waals surface area contributed by atoms with Crippen LogP contribution in [0, 0.1) is 0 Å². The highest BCUT2D eigenvalue weighted by atomic mass is 35.5. The maximum atomic E-state index is 11.2. The first-order valence-electron chi connectivity index (χ1n) is 5.48. The molecule has 0 saturated heterocycles. The second kappa shape index (κ2) is 7.14. The van der Waals surface area contributed by atoms with Crippen LogP contribution >= 0.6 is 11.6 Å². The molecular weight excluding hydrogens is 242 g/mol. The number of carbonyl (C=O) groups is 1. The number of hydrogen-bond donors (Lipinski definition) is 2. The summed E-state index contributed by atoms with van der Waals surface area (Å²) in [5.74, 6) is 0.203. The van der Waals surface area contributed by atoms with Crippen LogP contribution in [0.5, 0.6) is 5.75 Å². The van der Waals surface area contributed by atoms with Gasteiger partial charge in [0.25, 0.3) is 0 Å². The Bertz CT molecular complexity index is 371. The number of aliphatic hydroxyl groups is 1. The molecule has 0 heterocycles. The van der Waals surface area contributed by atoms with Gasteiger partial charge in [-0.1, -0.05) is 30.7 Å². The lowest BCUT2D eigenvalue weighted by atomic mass is 10.2. The number of amides is 1. The number of para-hydroxylation sites is 1. The molecule has 0 aliphatic heterocycles. The van der Waals surface area contributed by atoms with Gasteiger partial charge in [-0.3, -0.25) is 4.79 Å². The van der Waals surface area contributed by atoms with Crippen molar-refractivity contribution in [1.82, 2.24) is 5.32 Å². The number of benzene rings is 1. The molecule has 1 unspecified atom stereocenters. The van der Waals surface area contributed by atoms with Crippen LogP contribution in [0.2, 0.25) is 5.02 Å². The van der Waals surface area contributed by atoms with E-state index < -0.39 is 6.10 Å². The number of carbonyl (C=O) groups excluding carboxylic acids is 1. The van der Waals surface area contributed by atoms with Gasteiger partial charge < -0.3 is 15.2 Å². The molecule has 2 N–H and O–H groups in total. The topological polar surface area (TPSA) is 58.6 Å². The van der Waals surface area contributed by atoms with Crippen molar-refractivity contribution in [3.05, 3.63) is 29.3 Å². The highest BCUT2D eigenvalue weighted by molar-refractivity contribution is 6.32. The third-order valence-corrected chi connectivity index (χ3v) is 2.50. The van der Waals surface area contributed by atoms with Gasteiger partial charge in [0.05, 0.1) is 11.6 Å². The van der Waals surface area contributed by atoms with E-state index in [1.165, 1.54) is 0 Å². The smallest absolute Gasteiger partial charge is 0.248 e. The first kappa shape index (κ1) is 13.8. The third-order valence-electron chi connectivity index (χ3n) is 2.18. The van der Waals surface area contributed by atoms with Gasteiger partial charge in [-0.05, 0) is 18.6 Å². The van der Waals surface area contributed by atoms with Crippen LogP contribution in [0.4, 0.5) is 0 Å². The third kappa shape index (κ3) is 4.63. The monoisotopic (exact) mass is 257 g/mol. The van der Waals surface area contributed by atoms with Crippen molar-refractivity contribution in [2.24, 2.45) is 0 Å². The molecule has 0 radical (unpaired) electrons. The molecule has 0 saturated carbocycles. The Morgan fingerprint density at radius 2 is 2.24 bits per heavy atom. The zero-order valence-corrected chi connectivity index (χ0v) is 10.4. The molecule has 0 aliphatic carbocycles. The molecule has 0 bridgehead atoms. The second-order valence-corrected chi connectivity index (χ2v) is 3.90. The molecule has 1 atom stereocenters. The lowest BCUT2D eigenvalue weighted by molar-refractivity contribution is -0.129. The van der Waals surface area contributed by atoms with E-state index in [0.29, 0.717) is 30.3 Å². The fourth-order valence-corrected chi connectivity index (χ4v) is 1.39. The van der Waals surface area contributed by atoms with E-state index >= 15 is 0 Å². The molecule has 0 fully saturated rings. The molecule has 17 heavy (non-hydrogen) atoms. The van der Waals surface area contributed by atoms with Crippen LogP contribution < -0.4 is 10.1 Å². The minimum atomic E-state index is -0.949. The summed E-state index contributed by atoms with van der Waals surface area (Å²) in [6.45, 7) is 2.39. The van der Waals surface area contributed by atoms with Crippen LogP contribution in [0.25, 0.3) is 0 Å². The molecule has 1 aromatic carbocycles. The van der Waals surface area contributed by atoms with Crippen LogP contribution in [-0.4, -0.2) is 30.3 Å². The lowest BCUT2D eigenvalue weighted by Crippen LogP contribution is -2.36. The summed E-state index contributed by atoms with van der Waals surface area (Å²) in [7, 11) is 0. The summed E-state index contributed by atoms with van der Waals surface area (Å²) < 4.78 is 5.37. The van der Waals surface area contributed by atoms with Crippen molar-refractivity contribution in [2.45, 2.75) is 19.4 Å². The van der Waals surface area contributed by atoms with E-state index in [1.54, 1.807) is 19.1 Å². The van der Waals surface area contributed by atoms with Crippen LogP contribution in [0.1, 0.15) is 13.3 Å². The number of nitrogens with one attached hydrogen (secondary N) is 1. The summed E-state index contributed by atoms with van der Waals surface area (Å²) in [6.07, 6.45) is -0.549. The van der Waals surface area contributed by atoms with E-state index in [-0.39, 0.29) is 5.91 Å². The van der Waals surface area contributed by atoms with Crippen molar-refractivity contribution in [3.8, 4) is 5.75 Å². The van der Waals surface area contributed by atoms with Crippen LogP contribution in [0.3, 0.4) is 0 Å². The maximum absolute atomic E-state index is 11.2. The fourth-order valence-electron chi connectivity index (χ4n) is 1.20. The van der Waals surface area contributed by atoms with E-state index in [9.17, 15) is 9.90 Å². The summed E-state index contributed by atoms with van der Waals surface area (Å²) >= 11 is 5.89. The zero-order valence-electron chi connectivity index (χ0n) is 9.65. The van der Waals surface area contributed by atoms with Crippen molar-refractivity contribution >= 4 is 17.5 Å². The van der Waals surface area contributed by atoms with E-state index in [0.717, 1.165) is 0 Å². The van der Waals surface area contributed by atoms with Gasteiger partial charge in [-0.25, -0.2) is 0 Å². The average Bonchev–Trinajstić information content (AvgIpc) is 2.35. The van der Waals surface area contributed by atoms with Gasteiger partial charge in [-0.15, -0.1) is 0 Å². The minimum absolute atomic E-state index is 0.311. The Hall–Kier alpha value is -1.26. The van der Waals surface area contributed by atoms with Crippen molar-refractivity contribution in [1.29, 1.82) is 0 Å². The predicted octanol–water partition coefficient (Wildman–Crippen LogP) is 1.61. The predicted molar refractivity (Wildman–Crippen MR) is 66.3 cm³/mol. The maximum Gasteiger partial charge on any atom is 0.248 e. The number of aliphatic hydroxyl groups excluding tert-OH is 1. The van der Waals surface area contributed by atoms with Gasteiger partial charge in [0.1, 0.15) is 18.5 Å². The van der Waals surface area contributed by atoms with Crippen molar-refractivity contribution in [3.63, 3.8) is 0 Å². The molecule has 5 heteroatoms. The summed E-state index contributed by atoms with van der Waals surface area (Å²) in [4.78, 5) is 11.2. The van der Waals surface area contributed by atoms with Gasteiger partial charge >= 0.3 is 0 Å². The van der Waals surface area contributed by atoms with E-state index in [4.69, 9.17) is 16.3 Å². The van der Waals surface area contributed by atoms with Crippen molar-refractivity contribution < 1.29 is 14.6 Å². The molecule has 0 aromatic heterocycles. The van der Waals surface area contributed by atoms with Gasteiger partial charge in [-0.2, -0.15) is 0 Å². The van der Waals surface area contributed by atoms with Crippen LogP contribution in [-0.2, 0) is 4.79 Å². The Balaban J connectivity index is 2.25. The number of hydrogen-bond acceptors (Lipinski definition) is 3. The first-order chi connectivity index (χ1) is 8.15. The second-order valence-electron chi connectivity index (χ2n) is 3.49. The van der Waals surface area contributed by atoms with Crippen LogP contribution in [0.15, 0.2) is 24.3 Å². The standard InChI is InChI=1S/C12H16ClNO3/c1-2-10(15)12(16)14-7-8-17-11-6-4-3-5-9(11)13/h3-6,10,15H,2,7-8H2,1H3,(H,14,16). The summed E-state index contributed by atoms with van der Waals surface area (Å²) in [6, 6.07) is 7.12. The summed E-state index contributed by atoms with van der Waals surface area (Å²) in [5, 5.41) is 12.3. The highest BCUT2D eigenvalue weighted by Crippen LogP contribution is 2.22. The van der Waals surface area contributed by atoms with Gasteiger partial charge in [0, 0.05) is 0 Å². The molecule has 4 nitrogen and oxygen atoms in total. The quantitative estimate of drug-likeness (QED) is 0.761. The fraction of sp³-hybridized carbons (Fsp3) is 0.417. The molecule has 1 rings (SSSR count). The van der Waals surface area contributed by atoms with Gasteiger partial charge in [0.2, 0.25) is 5.91 Å². The first-order valence-corrected chi connectivity index (χ1v) is 5.86. The Labute approximate surface area is 106 Å². The Morgan fingerprint density at radius 1 is 1.53 bits per heavy atom. The highest BCUT2D eigenvalue weighted by Gasteiger charge is 2.10. The molecule has 94 valence electrons. The molecule has 0 spiro atoms. The summed E-state index contributed by atoms with van der Waals surface area (Å²) in [5.41, 5.74) is 0. The van der Waals surface area contributed by atoms with E-state index in [1.807, 2.05) is 12.1 Å². The van der Waals surface area contributed by atoms with E-state index in [2.05, 4.69) is 5.32 Å². The normalized spacial score (nSPS) is 11.9. The molecule has 1 aromatic rings. The zero-order chi connectivity index (χ0) is 12.7. The van der Waals surface area contributed by atoms with Gasteiger partial charge in [0.15, 0.2) is 0 Å². The van der Waals surface area contributed by atoms with Crippen molar-refractivity contribution in [2.75, 3.05) is 13.2 Å². The molecule has 0 aliphatic rings. The molecule has 1 amide bonds. The number of ether oxygens (including phenoxy) is 1. The Kier molecular flexibility index (Phi) is 5.80. The number of rotatable bonds is 6. The largest absolute Gasteiger partial charge is 0.490 e. The lowest BCUT2D eigenvalue weighted by Gasteiger charge is -2.10. The Morgan fingerprint density at radius 3 is 2.88 bits per heavy atom.